The summed E-state index contributed by atoms with van der Waals surface area (Å²) in [5, 5.41) is 38.6. The van der Waals surface area contributed by atoms with Crippen LogP contribution >= 0.6 is 0 Å². The van der Waals surface area contributed by atoms with E-state index in [2.05, 4.69) is 24.7 Å². The van der Waals surface area contributed by atoms with Gasteiger partial charge in [-0.3, -0.25) is 9.59 Å². The molecule has 3 heterocycles. The van der Waals surface area contributed by atoms with Gasteiger partial charge < -0.3 is 44.0 Å². The second-order valence-corrected chi connectivity index (χ2v) is 17.6. The number of methoxy groups -OCH3 is 2. The average Bonchev–Trinajstić information content (AvgIpc) is 3.21. The Morgan fingerprint density at radius 1 is 1.03 bits per heavy atom. The molecule has 11 atom stereocenters. The van der Waals surface area contributed by atoms with Crippen molar-refractivity contribution in [2.75, 3.05) is 34.0 Å². The number of amides is 1. The van der Waals surface area contributed by atoms with Gasteiger partial charge in [-0.25, -0.2) is 9.18 Å². The summed E-state index contributed by atoms with van der Waals surface area (Å²) in [4.78, 5) is 49.5. The molecule has 3 aliphatic heterocycles. The van der Waals surface area contributed by atoms with Gasteiger partial charge in [0.25, 0.3) is 11.7 Å². The van der Waals surface area contributed by atoms with Gasteiger partial charge in [0.05, 0.1) is 30.1 Å². The lowest BCUT2D eigenvalue weighted by Gasteiger charge is -2.47. The van der Waals surface area contributed by atoms with Gasteiger partial charge in [-0.1, -0.05) is 49.7 Å². The number of carbonyl (C=O) groups is 3. The van der Waals surface area contributed by atoms with Gasteiger partial charge in [-0.15, -0.1) is 6.58 Å². The lowest BCUT2D eigenvalue weighted by Crippen LogP contribution is -2.64. The van der Waals surface area contributed by atoms with Gasteiger partial charge in [0.1, 0.15) is 31.5 Å². The van der Waals surface area contributed by atoms with E-state index in [4.69, 9.17) is 23.8 Å². The minimum atomic E-state index is -2.51. The summed E-state index contributed by atoms with van der Waals surface area (Å²) >= 11 is 0. The summed E-state index contributed by atoms with van der Waals surface area (Å²) in [6.45, 7) is 12.4. The molecule has 0 radical (unpaired) electrons. The summed E-state index contributed by atoms with van der Waals surface area (Å²) in [5.74, 6) is -7.19. The first kappa shape index (κ1) is 48.7. The smallest absolute Gasteiger partial charge is 0.329 e. The van der Waals surface area contributed by atoms with Gasteiger partial charge in [0, 0.05) is 44.9 Å². The number of allylic oxidation sites excluding steroid dienone is 4. The van der Waals surface area contributed by atoms with Crippen LogP contribution in [0.25, 0.3) is 0 Å². The van der Waals surface area contributed by atoms with E-state index < -0.39 is 78.5 Å². The van der Waals surface area contributed by atoms with Crippen molar-refractivity contribution in [1.29, 1.82) is 0 Å². The zero-order chi connectivity index (χ0) is 43.4. The molecule has 0 spiro atoms. The SMILES string of the molecule is C=CC[C@@H]1/C=C(\C)C[C@H](C)C[C@H](OC)[C@H]2O[C@@](O)(C(=O)C(=O)N3CCCC[C@H]3C(=O)O[C@H](/C(C)=C/C3CCC(O)CC3)[C@H](C)[C@@H](O)C/C1=N/OCCF)[C@H](C)C[C@@H]2OC. The number of nitrogens with zero attached hydrogens (tertiary/aromatic N) is 2. The second kappa shape index (κ2) is 22.7. The Morgan fingerprint density at radius 2 is 1.71 bits per heavy atom. The van der Waals surface area contributed by atoms with Crippen LogP contribution < -0.4 is 0 Å². The fourth-order valence-corrected chi connectivity index (χ4v) is 9.43. The maximum Gasteiger partial charge on any atom is 0.329 e. The number of esters is 1. The first-order chi connectivity index (χ1) is 28.1. The lowest BCUT2D eigenvalue weighted by atomic mass is 9.82. The highest BCUT2D eigenvalue weighted by atomic mass is 19.1. The van der Waals surface area contributed by atoms with E-state index in [0.717, 1.165) is 18.4 Å². The molecular formula is C45H71FN2O11. The van der Waals surface area contributed by atoms with E-state index >= 15 is 0 Å². The molecule has 13 nitrogen and oxygen atoms in total. The van der Waals surface area contributed by atoms with Crippen molar-refractivity contribution >= 4 is 23.4 Å². The molecule has 4 rings (SSSR count). The van der Waals surface area contributed by atoms with Crippen molar-refractivity contribution in [3.8, 4) is 0 Å². The first-order valence-electron chi connectivity index (χ1n) is 21.7. The molecule has 0 aromatic rings. The van der Waals surface area contributed by atoms with Crippen LogP contribution in [0, 0.1) is 29.6 Å². The molecular weight excluding hydrogens is 763 g/mol. The Hall–Kier alpha value is -3.01. The number of carbonyl (C=O) groups excluding carboxylic acids is 3. The number of halogens is 1. The number of alkyl halides is 1. The first-order valence-corrected chi connectivity index (χ1v) is 21.7. The number of hydrogen-bond acceptors (Lipinski definition) is 12. The van der Waals surface area contributed by atoms with Gasteiger partial charge in [-0.05, 0) is 102 Å². The van der Waals surface area contributed by atoms with Crippen molar-refractivity contribution in [3.63, 3.8) is 0 Å². The number of cyclic esters (lactones) is 1. The standard InChI is InChI=1S/C45H71FN2O11/c1-9-12-33-22-27(2)21-28(3)23-38(55-7)41-39(56-8)25-30(5)45(54,59-41)42(51)43(52)48-19-11-10-13-36(48)44(53)58-40(29(4)24-32-14-16-34(49)17-15-32)31(6)37(50)26-35(33)47-57-20-18-46/h9,22,24,28,30-34,36-41,49-50,54H,1,10-21,23,25-26H2,2-8H3/b27-22+,29-24+,47-35-/t28-,30+,31+,32?,33+,34?,36-,37-,38-,39-,40+,41+,45+/m0/s1. The minimum Gasteiger partial charge on any atom is -0.456 e. The summed E-state index contributed by atoms with van der Waals surface area (Å²) in [5.41, 5.74) is 2.19. The number of ketones is 1. The van der Waals surface area contributed by atoms with Crippen LogP contribution in [-0.2, 0) is 38.2 Å². The monoisotopic (exact) mass is 835 g/mol. The van der Waals surface area contributed by atoms with Crippen LogP contribution in [0.15, 0.2) is 41.1 Å². The van der Waals surface area contributed by atoms with E-state index in [1.54, 1.807) is 19.9 Å². The predicted molar refractivity (Wildman–Crippen MR) is 221 cm³/mol. The maximum atomic E-state index is 14.4. The molecule has 4 aliphatic rings. The van der Waals surface area contributed by atoms with Gasteiger partial charge in [0.15, 0.2) is 0 Å². The summed E-state index contributed by atoms with van der Waals surface area (Å²) in [6, 6.07) is -1.13. The number of hydrogen-bond donors (Lipinski definition) is 3. The largest absolute Gasteiger partial charge is 0.456 e. The van der Waals surface area contributed by atoms with Crippen LogP contribution in [0.2, 0.25) is 0 Å². The summed E-state index contributed by atoms with van der Waals surface area (Å²) in [6.07, 6.45) is 7.25. The van der Waals surface area contributed by atoms with Crippen LogP contribution in [-0.4, -0.2) is 126 Å². The Balaban J connectivity index is 1.83. The third kappa shape index (κ3) is 12.5. The zero-order valence-electron chi connectivity index (χ0n) is 36.4. The Kier molecular flexibility index (Phi) is 18.7. The second-order valence-electron chi connectivity index (χ2n) is 17.6. The number of fused-ring (bicyclic) bond motifs is 3. The maximum absolute atomic E-state index is 14.4. The van der Waals surface area contributed by atoms with Crippen LogP contribution in [0.5, 0.6) is 0 Å². The molecule has 2 saturated heterocycles. The topological polar surface area (TPSA) is 174 Å². The molecule has 3 fully saturated rings. The summed E-state index contributed by atoms with van der Waals surface area (Å²) < 4.78 is 37.6. The van der Waals surface area contributed by atoms with Crippen LogP contribution in [0.1, 0.15) is 112 Å². The van der Waals surface area contributed by atoms with Gasteiger partial charge in [-0.2, -0.15) is 0 Å². The van der Waals surface area contributed by atoms with Crippen molar-refractivity contribution in [3.05, 3.63) is 36.0 Å². The van der Waals surface area contributed by atoms with Crippen molar-refractivity contribution < 1.29 is 57.9 Å². The third-order valence-corrected chi connectivity index (χ3v) is 12.9. The fraction of sp³-hybridized carbons (Fsp3) is 0.778. The minimum absolute atomic E-state index is 0.00887. The van der Waals surface area contributed by atoms with E-state index in [-0.39, 0.29) is 56.3 Å². The van der Waals surface area contributed by atoms with Gasteiger partial charge >= 0.3 is 5.97 Å². The number of ether oxygens (including phenoxy) is 4. The number of rotatable bonds is 9. The van der Waals surface area contributed by atoms with E-state index in [0.29, 0.717) is 56.2 Å². The molecule has 59 heavy (non-hydrogen) atoms. The average molecular weight is 835 g/mol. The number of Topliss-reactive ketones (excluding diaryl/α,β-unsaturated/α-hetero) is 1. The molecule has 1 amide bonds. The molecule has 1 saturated carbocycles. The molecule has 1 aliphatic carbocycles. The molecule has 14 heteroatoms. The van der Waals surface area contributed by atoms with Crippen molar-refractivity contribution in [1.82, 2.24) is 4.90 Å². The van der Waals surface area contributed by atoms with Crippen LogP contribution in [0.4, 0.5) is 4.39 Å². The number of aliphatic hydroxyl groups excluding tert-OH is 2. The fourth-order valence-electron chi connectivity index (χ4n) is 9.43. The third-order valence-electron chi connectivity index (χ3n) is 12.9. The lowest BCUT2D eigenvalue weighted by molar-refractivity contribution is -0.302. The number of piperidine rings is 1. The van der Waals surface area contributed by atoms with Crippen molar-refractivity contribution in [2.24, 2.45) is 34.7 Å². The van der Waals surface area contributed by atoms with Gasteiger partial charge in [0.2, 0.25) is 5.79 Å². The molecule has 0 unspecified atom stereocenters. The number of aliphatic hydroxyl groups is 3. The molecule has 0 aromatic heterocycles. The number of oxime groups is 1. The molecule has 3 N–H and O–H groups in total. The Morgan fingerprint density at radius 3 is 2.36 bits per heavy atom. The predicted octanol–water partition coefficient (Wildman–Crippen LogP) is 5.79. The highest BCUT2D eigenvalue weighted by Crippen LogP contribution is 2.39. The molecule has 0 aromatic carbocycles. The Bertz CT molecular complexity index is 1510. The normalized spacial score (nSPS) is 39.3. The van der Waals surface area contributed by atoms with Crippen molar-refractivity contribution in [2.45, 2.75) is 160 Å². The van der Waals surface area contributed by atoms with E-state index in [9.17, 15) is 34.1 Å². The molecule has 334 valence electrons. The van der Waals surface area contributed by atoms with E-state index in [1.807, 2.05) is 19.9 Å². The van der Waals surface area contributed by atoms with Crippen LogP contribution in [0.3, 0.4) is 0 Å². The highest BCUT2D eigenvalue weighted by Gasteiger charge is 2.56. The van der Waals surface area contributed by atoms with E-state index in [1.165, 1.54) is 19.1 Å². The summed E-state index contributed by atoms with van der Waals surface area (Å²) in [7, 11) is 3.06. The Labute approximate surface area is 350 Å². The quantitative estimate of drug-likeness (QED) is 0.0845. The highest BCUT2D eigenvalue weighted by molar-refractivity contribution is 6.39. The zero-order valence-corrected chi connectivity index (χ0v) is 36.4. The molecule has 2 bridgehead atoms.